The zero-order valence-electron chi connectivity index (χ0n) is 11.7. The number of carbonyl (C=O) groups is 1. The smallest absolute Gasteiger partial charge is 0.305 e. The predicted octanol–water partition coefficient (Wildman–Crippen LogP) is 1.78. The van der Waals surface area contributed by atoms with Crippen molar-refractivity contribution in [1.29, 1.82) is 0 Å². The van der Waals surface area contributed by atoms with Gasteiger partial charge in [0.25, 0.3) is 0 Å². The van der Waals surface area contributed by atoms with E-state index in [-0.39, 0.29) is 10.7 Å². The predicted molar refractivity (Wildman–Crippen MR) is 77.0 cm³/mol. The second-order valence-electron chi connectivity index (χ2n) is 4.46. The SMILES string of the molecule is COc1ccc(S(=O)(=O)N[C@H](CC(=O)O)c2ccco2)cc1. The second-order valence-corrected chi connectivity index (χ2v) is 6.18. The van der Waals surface area contributed by atoms with Crippen molar-refractivity contribution in [2.45, 2.75) is 17.4 Å². The highest BCUT2D eigenvalue weighted by Gasteiger charge is 2.25. The maximum atomic E-state index is 12.3. The van der Waals surface area contributed by atoms with Crippen molar-refractivity contribution in [3.63, 3.8) is 0 Å². The second kappa shape index (κ2) is 6.63. The first-order chi connectivity index (χ1) is 10.4. The molecule has 0 saturated carbocycles. The molecule has 8 heteroatoms. The molecule has 0 amide bonds. The summed E-state index contributed by atoms with van der Waals surface area (Å²) in [5, 5.41) is 8.93. The van der Waals surface area contributed by atoms with Gasteiger partial charge in [-0.1, -0.05) is 0 Å². The Morgan fingerprint density at radius 1 is 1.32 bits per heavy atom. The third-order valence-electron chi connectivity index (χ3n) is 2.93. The molecule has 2 rings (SSSR count). The molecule has 0 fully saturated rings. The van der Waals surface area contributed by atoms with Gasteiger partial charge in [-0.2, -0.15) is 4.72 Å². The third kappa shape index (κ3) is 3.86. The van der Waals surface area contributed by atoms with Crippen molar-refractivity contribution in [3.8, 4) is 5.75 Å². The molecule has 0 aliphatic heterocycles. The summed E-state index contributed by atoms with van der Waals surface area (Å²) in [6.45, 7) is 0. The number of benzene rings is 1. The van der Waals surface area contributed by atoms with Crippen LogP contribution in [0.4, 0.5) is 0 Å². The number of sulfonamides is 1. The molecule has 0 spiro atoms. The summed E-state index contributed by atoms with van der Waals surface area (Å²) in [6, 6.07) is 7.86. The molecule has 2 N–H and O–H groups in total. The van der Waals surface area contributed by atoms with E-state index in [1.165, 1.54) is 43.7 Å². The average molecular weight is 325 g/mol. The number of hydrogen-bond donors (Lipinski definition) is 2. The molecule has 0 radical (unpaired) electrons. The minimum atomic E-state index is -3.89. The Hall–Kier alpha value is -2.32. The quantitative estimate of drug-likeness (QED) is 0.804. The van der Waals surface area contributed by atoms with E-state index in [9.17, 15) is 13.2 Å². The van der Waals surface area contributed by atoms with Gasteiger partial charge in [0.05, 0.1) is 30.7 Å². The lowest BCUT2D eigenvalue weighted by Crippen LogP contribution is -2.30. The van der Waals surface area contributed by atoms with Gasteiger partial charge in [-0.15, -0.1) is 0 Å². The molecular weight excluding hydrogens is 310 g/mol. The van der Waals surface area contributed by atoms with Gasteiger partial charge in [-0.05, 0) is 36.4 Å². The van der Waals surface area contributed by atoms with Gasteiger partial charge >= 0.3 is 5.97 Å². The minimum absolute atomic E-state index is 0.00949. The molecule has 118 valence electrons. The van der Waals surface area contributed by atoms with Crippen LogP contribution in [-0.4, -0.2) is 26.6 Å². The van der Waals surface area contributed by atoms with Crippen LogP contribution in [0.2, 0.25) is 0 Å². The van der Waals surface area contributed by atoms with Gasteiger partial charge in [0.15, 0.2) is 0 Å². The standard InChI is InChI=1S/C14H15NO6S/c1-20-10-4-6-11(7-5-10)22(18,19)15-12(9-14(16)17)13-3-2-8-21-13/h2-8,12,15H,9H2,1H3,(H,16,17)/t12-/m1/s1. The van der Waals surface area contributed by atoms with Gasteiger partial charge in [0.1, 0.15) is 11.5 Å². The summed E-state index contributed by atoms with van der Waals surface area (Å²) in [5.74, 6) is -0.384. The van der Waals surface area contributed by atoms with Crippen molar-refractivity contribution < 1.29 is 27.5 Å². The van der Waals surface area contributed by atoms with E-state index in [1.54, 1.807) is 6.07 Å². The van der Waals surface area contributed by atoms with E-state index >= 15 is 0 Å². The summed E-state index contributed by atoms with van der Waals surface area (Å²) < 4.78 is 37.1. The fourth-order valence-corrected chi connectivity index (χ4v) is 3.08. The Balaban J connectivity index is 2.25. The van der Waals surface area contributed by atoms with Crippen LogP contribution >= 0.6 is 0 Å². The fraction of sp³-hybridized carbons (Fsp3) is 0.214. The Kier molecular flexibility index (Phi) is 4.84. The lowest BCUT2D eigenvalue weighted by molar-refractivity contribution is -0.137. The van der Waals surface area contributed by atoms with E-state index in [1.807, 2.05) is 0 Å². The molecule has 2 aromatic rings. The number of furan rings is 1. The highest BCUT2D eigenvalue weighted by Crippen LogP contribution is 2.22. The number of carboxylic acids is 1. The number of hydrogen-bond acceptors (Lipinski definition) is 5. The molecule has 0 bridgehead atoms. The van der Waals surface area contributed by atoms with E-state index in [2.05, 4.69) is 4.72 Å². The number of methoxy groups -OCH3 is 1. The highest BCUT2D eigenvalue weighted by molar-refractivity contribution is 7.89. The van der Waals surface area contributed by atoms with Gasteiger partial charge in [0, 0.05) is 0 Å². The molecule has 1 heterocycles. The molecule has 1 aromatic heterocycles. The van der Waals surface area contributed by atoms with E-state index in [0.29, 0.717) is 5.75 Å². The average Bonchev–Trinajstić information content (AvgIpc) is 3.00. The van der Waals surface area contributed by atoms with Crippen LogP contribution < -0.4 is 9.46 Å². The van der Waals surface area contributed by atoms with Gasteiger partial charge in [-0.25, -0.2) is 8.42 Å². The normalized spacial score (nSPS) is 12.8. The van der Waals surface area contributed by atoms with Crippen molar-refractivity contribution >= 4 is 16.0 Å². The van der Waals surface area contributed by atoms with Crippen LogP contribution in [0.25, 0.3) is 0 Å². The summed E-state index contributed by atoms with van der Waals surface area (Å²) in [5.41, 5.74) is 0. The van der Waals surface area contributed by atoms with E-state index in [4.69, 9.17) is 14.3 Å². The number of carboxylic acid groups (broad SMARTS) is 1. The maximum Gasteiger partial charge on any atom is 0.305 e. The Morgan fingerprint density at radius 2 is 2.00 bits per heavy atom. The van der Waals surface area contributed by atoms with E-state index in [0.717, 1.165) is 0 Å². The van der Waals surface area contributed by atoms with Crippen LogP contribution in [0.1, 0.15) is 18.2 Å². The van der Waals surface area contributed by atoms with Crippen molar-refractivity contribution in [3.05, 3.63) is 48.4 Å². The number of nitrogens with one attached hydrogen (secondary N) is 1. The first kappa shape index (κ1) is 16.1. The lowest BCUT2D eigenvalue weighted by atomic mass is 10.2. The highest BCUT2D eigenvalue weighted by atomic mass is 32.2. The molecule has 0 saturated heterocycles. The maximum absolute atomic E-state index is 12.3. The van der Waals surface area contributed by atoms with Crippen LogP contribution in [0, 0.1) is 0 Å². The topological polar surface area (TPSA) is 106 Å². The first-order valence-corrected chi connectivity index (χ1v) is 7.82. The molecule has 7 nitrogen and oxygen atoms in total. The van der Waals surface area contributed by atoms with Crippen LogP contribution in [0.3, 0.4) is 0 Å². The Morgan fingerprint density at radius 3 is 2.50 bits per heavy atom. The van der Waals surface area contributed by atoms with E-state index < -0.39 is 28.5 Å². The van der Waals surface area contributed by atoms with Crippen molar-refractivity contribution in [1.82, 2.24) is 4.72 Å². The molecule has 0 unspecified atom stereocenters. The molecule has 0 aliphatic carbocycles. The molecule has 0 aliphatic rings. The number of ether oxygens (including phenoxy) is 1. The number of rotatable bonds is 7. The van der Waals surface area contributed by atoms with Crippen LogP contribution in [0.5, 0.6) is 5.75 Å². The van der Waals surface area contributed by atoms with Crippen molar-refractivity contribution in [2.75, 3.05) is 7.11 Å². The largest absolute Gasteiger partial charge is 0.497 e. The number of aliphatic carboxylic acids is 1. The van der Waals surface area contributed by atoms with Crippen molar-refractivity contribution in [2.24, 2.45) is 0 Å². The zero-order chi connectivity index (χ0) is 16.2. The minimum Gasteiger partial charge on any atom is -0.497 e. The molecule has 22 heavy (non-hydrogen) atoms. The Labute approximate surface area is 127 Å². The summed E-state index contributed by atoms with van der Waals surface area (Å²) >= 11 is 0. The summed E-state index contributed by atoms with van der Waals surface area (Å²) in [6.07, 6.45) is 0.925. The van der Waals surface area contributed by atoms with Gasteiger partial charge < -0.3 is 14.3 Å². The summed E-state index contributed by atoms with van der Waals surface area (Å²) in [7, 11) is -2.41. The fourth-order valence-electron chi connectivity index (χ4n) is 1.87. The third-order valence-corrected chi connectivity index (χ3v) is 4.42. The van der Waals surface area contributed by atoms with Gasteiger partial charge in [-0.3, -0.25) is 4.79 Å². The van der Waals surface area contributed by atoms with Crippen LogP contribution in [0.15, 0.2) is 52.0 Å². The first-order valence-electron chi connectivity index (χ1n) is 6.34. The molecular formula is C14H15NO6S. The van der Waals surface area contributed by atoms with Gasteiger partial charge in [0.2, 0.25) is 10.0 Å². The Bertz CT molecular complexity index is 721. The zero-order valence-corrected chi connectivity index (χ0v) is 12.5. The molecule has 1 atom stereocenters. The monoisotopic (exact) mass is 325 g/mol. The molecule has 1 aromatic carbocycles. The summed E-state index contributed by atoms with van der Waals surface area (Å²) in [4.78, 5) is 10.9. The van der Waals surface area contributed by atoms with Crippen LogP contribution in [-0.2, 0) is 14.8 Å². The lowest BCUT2D eigenvalue weighted by Gasteiger charge is -2.15.